The van der Waals surface area contributed by atoms with Crippen LogP contribution in [0.1, 0.15) is 23.7 Å². The Morgan fingerprint density at radius 1 is 1.25 bits per heavy atom. The maximum atomic E-state index is 12.2. The third-order valence-electron chi connectivity index (χ3n) is 3.29. The zero-order chi connectivity index (χ0) is 16.8. The monoisotopic (exact) mass is 326 g/mol. The van der Waals surface area contributed by atoms with Gasteiger partial charge in [0.15, 0.2) is 6.67 Å². The van der Waals surface area contributed by atoms with Crippen molar-refractivity contribution in [2.45, 2.75) is 13.3 Å². The number of pyridine rings is 1. The number of amides is 1. The molecule has 1 aliphatic rings. The van der Waals surface area contributed by atoms with Crippen molar-refractivity contribution in [3.05, 3.63) is 54.4 Å². The predicted octanol–water partition coefficient (Wildman–Crippen LogP) is 3.04. The lowest BCUT2D eigenvalue weighted by atomic mass is 10.2. The van der Waals surface area contributed by atoms with Gasteiger partial charge >= 0.3 is 0 Å². The smallest absolute Gasteiger partial charge is 0.255 e. The van der Waals surface area contributed by atoms with Crippen molar-refractivity contribution in [2.75, 3.05) is 23.6 Å². The van der Waals surface area contributed by atoms with Crippen LogP contribution in [0.4, 0.5) is 11.4 Å². The molecule has 1 aromatic carbocycles. The summed E-state index contributed by atoms with van der Waals surface area (Å²) in [5, 5.41) is 14.0. The van der Waals surface area contributed by atoms with E-state index in [1.165, 1.54) is 5.17 Å². The van der Waals surface area contributed by atoms with E-state index in [-0.39, 0.29) is 5.91 Å². The quantitative estimate of drug-likeness (QED) is 0.882. The largest absolute Gasteiger partial charge is 0.322 e. The van der Waals surface area contributed by atoms with E-state index in [1.54, 1.807) is 29.5 Å². The highest BCUT2D eigenvalue weighted by Gasteiger charge is 2.18. The number of nitrogens with zero attached hydrogens (tertiary/aromatic N) is 5. The van der Waals surface area contributed by atoms with Crippen molar-refractivity contribution in [2.24, 2.45) is 10.4 Å². The molecule has 0 saturated carbocycles. The van der Waals surface area contributed by atoms with E-state index in [0.717, 1.165) is 12.1 Å². The number of carbonyl (C=O) groups excluding carboxylic acids is 1. The van der Waals surface area contributed by atoms with Crippen LogP contribution in [-0.4, -0.2) is 29.3 Å². The van der Waals surface area contributed by atoms with Gasteiger partial charge in [-0.1, -0.05) is 13.0 Å². The molecule has 124 valence electrons. The summed E-state index contributed by atoms with van der Waals surface area (Å²) in [7, 11) is 0. The fraction of sp³-hybridized carbons (Fsp3) is 0.250. The molecular formula is C16H18N6O2. The van der Waals surface area contributed by atoms with Gasteiger partial charge in [-0.05, 0) is 47.2 Å². The lowest BCUT2D eigenvalue weighted by Crippen LogP contribution is -2.25. The molecule has 0 aliphatic carbocycles. The van der Waals surface area contributed by atoms with Gasteiger partial charge in [0.05, 0.1) is 12.3 Å². The third-order valence-corrected chi connectivity index (χ3v) is 3.29. The zero-order valence-electron chi connectivity index (χ0n) is 13.3. The van der Waals surface area contributed by atoms with Crippen LogP contribution in [0.5, 0.6) is 0 Å². The lowest BCUT2D eigenvalue weighted by Gasteiger charge is -2.16. The molecule has 0 unspecified atom stereocenters. The molecule has 0 bridgehead atoms. The standard InChI is InChI=1S/C16H18N6O2/c1-2-10-24-22-12-21(19-20-22)15-5-3-4-14(11-15)18-16(23)13-6-8-17-9-7-13/h3-9,11H,2,10,12H2,1H3,(H,18,23). The van der Waals surface area contributed by atoms with Crippen LogP contribution in [-0.2, 0) is 4.84 Å². The van der Waals surface area contributed by atoms with Gasteiger partial charge < -0.3 is 5.32 Å². The number of hydrogen-bond donors (Lipinski definition) is 1. The highest BCUT2D eigenvalue weighted by molar-refractivity contribution is 6.04. The predicted molar refractivity (Wildman–Crippen MR) is 88.9 cm³/mol. The fourth-order valence-corrected chi connectivity index (χ4v) is 2.11. The Morgan fingerprint density at radius 2 is 2.08 bits per heavy atom. The maximum Gasteiger partial charge on any atom is 0.255 e. The van der Waals surface area contributed by atoms with Gasteiger partial charge in [0.1, 0.15) is 0 Å². The van der Waals surface area contributed by atoms with Gasteiger partial charge in [-0.15, -0.1) is 5.17 Å². The van der Waals surface area contributed by atoms with E-state index >= 15 is 0 Å². The third kappa shape index (κ3) is 3.85. The number of anilines is 2. The molecule has 3 rings (SSSR count). The van der Waals surface area contributed by atoms with Crippen LogP contribution in [0.15, 0.2) is 59.2 Å². The molecule has 0 fully saturated rings. The highest BCUT2D eigenvalue weighted by Crippen LogP contribution is 2.23. The minimum atomic E-state index is -0.189. The fourth-order valence-electron chi connectivity index (χ4n) is 2.11. The first kappa shape index (κ1) is 15.9. The van der Waals surface area contributed by atoms with Crippen LogP contribution in [0.3, 0.4) is 0 Å². The molecule has 2 heterocycles. The van der Waals surface area contributed by atoms with Crippen molar-refractivity contribution < 1.29 is 9.63 Å². The number of rotatable bonds is 6. The summed E-state index contributed by atoms with van der Waals surface area (Å²) in [4.78, 5) is 21.5. The number of carbonyl (C=O) groups is 1. The Morgan fingerprint density at radius 3 is 2.88 bits per heavy atom. The van der Waals surface area contributed by atoms with Crippen molar-refractivity contribution in [3.63, 3.8) is 0 Å². The molecular weight excluding hydrogens is 308 g/mol. The van der Waals surface area contributed by atoms with Crippen molar-refractivity contribution in [1.29, 1.82) is 0 Å². The average molecular weight is 326 g/mol. The molecule has 0 saturated heterocycles. The van der Waals surface area contributed by atoms with Gasteiger partial charge in [-0.2, -0.15) is 0 Å². The minimum Gasteiger partial charge on any atom is -0.322 e. The Hall–Kier alpha value is -3.00. The molecule has 1 aliphatic heterocycles. The SMILES string of the molecule is CCCON1CN(c2cccc(NC(=O)c3ccncc3)c2)N=N1. The molecule has 0 spiro atoms. The van der Waals surface area contributed by atoms with Crippen molar-refractivity contribution >= 4 is 17.3 Å². The van der Waals surface area contributed by atoms with E-state index in [0.29, 0.717) is 24.5 Å². The maximum absolute atomic E-state index is 12.2. The normalized spacial score (nSPS) is 13.4. The number of nitrogens with one attached hydrogen (secondary N) is 1. The van der Waals surface area contributed by atoms with Crippen LogP contribution < -0.4 is 10.3 Å². The van der Waals surface area contributed by atoms with Crippen LogP contribution in [0.25, 0.3) is 0 Å². The highest BCUT2D eigenvalue weighted by atomic mass is 16.7. The number of aromatic nitrogens is 1. The minimum absolute atomic E-state index is 0.189. The van der Waals surface area contributed by atoms with Gasteiger partial charge in [-0.3, -0.25) is 14.6 Å². The first-order valence-electron chi connectivity index (χ1n) is 7.67. The lowest BCUT2D eigenvalue weighted by molar-refractivity contribution is -0.152. The second kappa shape index (κ2) is 7.51. The Bertz CT molecular complexity index is 722. The Labute approximate surface area is 139 Å². The molecule has 2 aromatic rings. The van der Waals surface area contributed by atoms with Crippen molar-refractivity contribution in [1.82, 2.24) is 10.2 Å². The first-order chi connectivity index (χ1) is 11.8. The molecule has 1 amide bonds. The van der Waals surface area contributed by atoms with Crippen LogP contribution >= 0.6 is 0 Å². The van der Waals surface area contributed by atoms with E-state index in [2.05, 4.69) is 20.7 Å². The first-order valence-corrected chi connectivity index (χ1v) is 7.67. The topological polar surface area (TPSA) is 82.4 Å². The summed E-state index contributed by atoms with van der Waals surface area (Å²) >= 11 is 0. The summed E-state index contributed by atoms with van der Waals surface area (Å²) < 4.78 is 0. The van der Waals surface area contributed by atoms with Crippen molar-refractivity contribution in [3.8, 4) is 0 Å². The summed E-state index contributed by atoms with van der Waals surface area (Å²) in [6.07, 6.45) is 4.07. The molecule has 24 heavy (non-hydrogen) atoms. The molecule has 1 N–H and O–H groups in total. The van der Waals surface area contributed by atoms with E-state index in [9.17, 15) is 4.79 Å². The van der Waals surface area contributed by atoms with E-state index in [4.69, 9.17) is 4.84 Å². The van der Waals surface area contributed by atoms with Gasteiger partial charge in [-0.25, -0.2) is 5.01 Å². The van der Waals surface area contributed by atoms with Crippen LogP contribution in [0, 0.1) is 0 Å². The average Bonchev–Trinajstić information content (AvgIpc) is 3.10. The molecule has 8 nitrogen and oxygen atoms in total. The van der Waals surface area contributed by atoms with Gasteiger partial charge in [0.2, 0.25) is 0 Å². The molecule has 0 atom stereocenters. The summed E-state index contributed by atoms with van der Waals surface area (Å²) in [6.45, 7) is 3.02. The molecule has 1 aromatic heterocycles. The number of benzene rings is 1. The second-order valence-corrected chi connectivity index (χ2v) is 5.15. The molecule has 8 heteroatoms. The van der Waals surface area contributed by atoms with Crippen LogP contribution in [0.2, 0.25) is 0 Å². The van der Waals surface area contributed by atoms with Gasteiger partial charge in [0.25, 0.3) is 5.91 Å². The Kier molecular flexibility index (Phi) is 4.97. The van der Waals surface area contributed by atoms with Gasteiger partial charge in [0, 0.05) is 23.6 Å². The van der Waals surface area contributed by atoms with E-state index in [1.807, 2.05) is 31.2 Å². The van der Waals surface area contributed by atoms with E-state index < -0.39 is 0 Å². The number of hydroxylamine groups is 1. The Balaban J connectivity index is 1.65. The zero-order valence-corrected chi connectivity index (χ0v) is 13.3. The summed E-state index contributed by atoms with van der Waals surface area (Å²) in [6, 6.07) is 10.7. The number of hydrogen-bond acceptors (Lipinski definition) is 7. The summed E-state index contributed by atoms with van der Waals surface area (Å²) in [5.74, 6) is -0.189. The second-order valence-electron chi connectivity index (χ2n) is 5.15. The molecule has 0 radical (unpaired) electrons. The summed E-state index contributed by atoms with van der Waals surface area (Å²) in [5.41, 5.74) is 2.04.